The first-order valence-corrected chi connectivity index (χ1v) is 10.1. The summed E-state index contributed by atoms with van der Waals surface area (Å²) in [5, 5.41) is 15.2. The molecule has 164 valence electrons. The summed E-state index contributed by atoms with van der Waals surface area (Å²) in [5.41, 5.74) is 1.92. The van der Waals surface area contributed by atoms with Gasteiger partial charge in [0.15, 0.2) is 5.78 Å². The summed E-state index contributed by atoms with van der Waals surface area (Å²) in [6, 6.07) is 20.0. The number of aromatic nitrogens is 1. The van der Waals surface area contributed by atoms with Gasteiger partial charge in [0, 0.05) is 36.7 Å². The molecule has 33 heavy (non-hydrogen) atoms. The second kappa shape index (κ2) is 8.88. The van der Waals surface area contributed by atoms with Crippen LogP contribution in [0.5, 0.6) is 0 Å². The second-order valence-electron chi connectivity index (χ2n) is 7.60. The summed E-state index contributed by atoms with van der Waals surface area (Å²) in [4.78, 5) is 43.2. The van der Waals surface area contributed by atoms with Gasteiger partial charge in [0.2, 0.25) is 0 Å². The first-order chi connectivity index (χ1) is 15.8. The van der Waals surface area contributed by atoms with E-state index in [0.29, 0.717) is 11.4 Å². The highest BCUT2D eigenvalue weighted by atomic mass is 16.6. The van der Waals surface area contributed by atoms with Crippen molar-refractivity contribution in [3.05, 3.63) is 106 Å². The van der Waals surface area contributed by atoms with Crippen LogP contribution in [0, 0.1) is 10.1 Å². The molecule has 0 saturated carbocycles. The monoisotopic (exact) mass is 440 g/mol. The van der Waals surface area contributed by atoms with Gasteiger partial charge in [-0.1, -0.05) is 36.4 Å². The van der Waals surface area contributed by atoms with Crippen LogP contribution in [0.4, 0.5) is 17.1 Å². The summed E-state index contributed by atoms with van der Waals surface area (Å²) in [7, 11) is 3.37. The molecule has 1 aromatic heterocycles. The van der Waals surface area contributed by atoms with Crippen molar-refractivity contribution in [1.82, 2.24) is 4.98 Å². The average molecular weight is 440 g/mol. The molecule has 0 unspecified atom stereocenters. The molecule has 0 bridgehead atoms. The third-order valence-corrected chi connectivity index (χ3v) is 5.18. The summed E-state index contributed by atoms with van der Waals surface area (Å²) in [6.45, 7) is 0. The van der Waals surface area contributed by atoms with E-state index in [4.69, 9.17) is 0 Å². The molecule has 3 aromatic carbocycles. The van der Waals surface area contributed by atoms with E-state index in [2.05, 4.69) is 10.3 Å². The van der Waals surface area contributed by atoms with Crippen LogP contribution in [0.3, 0.4) is 0 Å². The predicted octanol–water partition coefficient (Wildman–Crippen LogP) is 4.69. The number of nitro groups is 1. The Morgan fingerprint density at radius 2 is 1.64 bits per heavy atom. The number of nitrogens with one attached hydrogen (secondary N) is 1. The predicted molar refractivity (Wildman–Crippen MR) is 127 cm³/mol. The standard InChI is InChI=1S/C25H20N4O4/c1-28(2)22-12-11-17(14-23(22)29(32)33)24(30)19-8-4-5-9-20(19)25(31)27-18-13-16-7-3-6-10-21(16)26-15-18/h3-15H,1-2H3,(H,27,31). The number of amides is 1. The number of ketones is 1. The minimum atomic E-state index is -0.530. The fraction of sp³-hybridized carbons (Fsp3) is 0.0800. The van der Waals surface area contributed by atoms with Crippen LogP contribution in [0.25, 0.3) is 10.9 Å². The van der Waals surface area contributed by atoms with Gasteiger partial charge in [-0.05, 0) is 30.3 Å². The van der Waals surface area contributed by atoms with Gasteiger partial charge in [-0.3, -0.25) is 24.7 Å². The van der Waals surface area contributed by atoms with Crippen molar-refractivity contribution in [1.29, 1.82) is 0 Å². The normalized spacial score (nSPS) is 10.6. The topological polar surface area (TPSA) is 105 Å². The lowest BCUT2D eigenvalue weighted by Crippen LogP contribution is -2.17. The number of carbonyl (C=O) groups excluding carboxylic acids is 2. The number of fused-ring (bicyclic) bond motifs is 1. The first-order valence-electron chi connectivity index (χ1n) is 10.1. The maximum absolute atomic E-state index is 13.2. The summed E-state index contributed by atoms with van der Waals surface area (Å²) in [5.74, 6) is -0.957. The van der Waals surface area contributed by atoms with E-state index in [9.17, 15) is 19.7 Å². The molecule has 0 atom stereocenters. The highest BCUT2D eigenvalue weighted by Crippen LogP contribution is 2.29. The third kappa shape index (κ3) is 4.40. The SMILES string of the molecule is CN(C)c1ccc(C(=O)c2ccccc2C(=O)Nc2cnc3ccccc3c2)cc1[N+](=O)[O-]. The number of hydrogen-bond acceptors (Lipinski definition) is 6. The highest BCUT2D eigenvalue weighted by molar-refractivity contribution is 6.18. The summed E-state index contributed by atoms with van der Waals surface area (Å²) in [6.07, 6.45) is 1.55. The molecule has 0 saturated heterocycles. The lowest BCUT2D eigenvalue weighted by atomic mass is 9.97. The van der Waals surface area contributed by atoms with E-state index < -0.39 is 16.6 Å². The number of pyridine rings is 1. The van der Waals surface area contributed by atoms with Crippen molar-refractivity contribution >= 4 is 39.7 Å². The summed E-state index contributed by atoms with van der Waals surface area (Å²) < 4.78 is 0. The zero-order valence-electron chi connectivity index (χ0n) is 18.0. The van der Waals surface area contributed by atoms with Crippen LogP contribution in [-0.2, 0) is 0 Å². The van der Waals surface area contributed by atoms with Crippen LogP contribution in [0.1, 0.15) is 26.3 Å². The summed E-state index contributed by atoms with van der Waals surface area (Å²) >= 11 is 0. The molecule has 0 fully saturated rings. The highest BCUT2D eigenvalue weighted by Gasteiger charge is 2.23. The maximum atomic E-state index is 13.2. The number of anilines is 2. The van der Waals surface area contributed by atoms with Gasteiger partial charge in [-0.2, -0.15) is 0 Å². The van der Waals surface area contributed by atoms with Crippen molar-refractivity contribution in [2.24, 2.45) is 0 Å². The Hall–Kier alpha value is -4.59. The lowest BCUT2D eigenvalue weighted by Gasteiger charge is -2.14. The maximum Gasteiger partial charge on any atom is 0.293 e. The van der Waals surface area contributed by atoms with Gasteiger partial charge in [-0.15, -0.1) is 0 Å². The van der Waals surface area contributed by atoms with Gasteiger partial charge in [0.1, 0.15) is 5.69 Å². The van der Waals surface area contributed by atoms with Crippen molar-refractivity contribution in [2.45, 2.75) is 0 Å². The van der Waals surface area contributed by atoms with Crippen molar-refractivity contribution in [3.63, 3.8) is 0 Å². The number of para-hydroxylation sites is 1. The molecule has 4 rings (SSSR count). The zero-order valence-corrected chi connectivity index (χ0v) is 18.0. The van der Waals surface area contributed by atoms with Crippen LogP contribution in [-0.4, -0.2) is 35.7 Å². The molecule has 8 nitrogen and oxygen atoms in total. The molecular formula is C25H20N4O4. The zero-order chi connectivity index (χ0) is 23.5. The Labute approximate surface area is 189 Å². The van der Waals surface area contributed by atoms with Gasteiger partial charge in [0.05, 0.1) is 27.9 Å². The Bertz CT molecular complexity index is 1400. The van der Waals surface area contributed by atoms with E-state index in [1.807, 2.05) is 24.3 Å². The van der Waals surface area contributed by atoms with Crippen LogP contribution >= 0.6 is 0 Å². The molecule has 0 aliphatic rings. The van der Waals surface area contributed by atoms with Crippen molar-refractivity contribution in [3.8, 4) is 0 Å². The smallest absolute Gasteiger partial charge is 0.293 e. The lowest BCUT2D eigenvalue weighted by molar-refractivity contribution is -0.384. The van der Waals surface area contributed by atoms with Crippen LogP contribution in [0.15, 0.2) is 79.0 Å². The minimum absolute atomic E-state index is 0.125. The van der Waals surface area contributed by atoms with E-state index in [1.165, 1.54) is 24.3 Å². The molecule has 0 spiro atoms. The van der Waals surface area contributed by atoms with Gasteiger partial charge in [-0.25, -0.2) is 0 Å². The molecule has 1 N–H and O–H groups in total. The van der Waals surface area contributed by atoms with E-state index in [-0.39, 0.29) is 22.4 Å². The number of carbonyl (C=O) groups is 2. The largest absolute Gasteiger partial charge is 0.372 e. The molecular weight excluding hydrogens is 420 g/mol. The van der Waals surface area contributed by atoms with Crippen molar-refractivity contribution < 1.29 is 14.5 Å². The van der Waals surface area contributed by atoms with Gasteiger partial charge < -0.3 is 10.2 Å². The number of hydrogen-bond donors (Lipinski definition) is 1. The molecule has 1 amide bonds. The fourth-order valence-corrected chi connectivity index (χ4v) is 3.56. The van der Waals surface area contributed by atoms with Crippen LogP contribution in [0.2, 0.25) is 0 Å². The van der Waals surface area contributed by atoms with Gasteiger partial charge >= 0.3 is 0 Å². The quantitative estimate of drug-likeness (QED) is 0.265. The Kier molecular flexibility index (Phi) is 5.82. The number of benzene rings is 3. The minimum Gasteiger partial charge on any atom is -0.372 e. The van der Waals surface area contributed by atoms with E-state index in [1.54, 1.807) is 49.5 Å². The average Bonchev–Trinajstić information content (AvgIpc) is 2.83. The number of nitro benzene ring substituents is 1. The second-order valence-corrected chi connectivity index (χ2v) is 7.60. The Morgan fingerprint density at radius 1 is 0.939 bits per heavy atom. The number of nitrogens with zero attached hydrogens (tertiary/aromatic N) is 3. The molecule has 0 aliphatic carbocycles. The molecule has 4 aromatic rings. The molecule has 8 heteroatoms. The Balaban J connectivity index is 1.66. The van der Waals surface area contributed by atoms with E-state index >= 15 is 0 Å². The van der Waals surface area contributed by atoms with Gasteiger partial charge in [0.25, 0.3) is 11.6 Å². The van der Waals surface area contributed by atoms with Crippen molar-refractivity contribution in [2.75, 3.05) is 24.3 Å². The first kappa shape index (κ1) is 21.6. The van der Waals surface area contributed by atoms with Crippen LogP contribution < -0.4 is 10.2 Å². The number of rotatable bonds is 6. The molecule has 0 aliphatic heterocycles. The fourth-order valence-electron chi connectivity index (χ4n) is 3.56. The van der Waals surface area contributed by atoms with E-state index in [0.717, 1.165) is 10.9 Å². The molecule has 1 heterocycles. The third-order valence-electron chi connectivity index (χ3n) is 5.18. The Morgan fingerprint density at radius 3 is 2.36 bits per heavy atom. The molecule has 0 radical (unpaired) electrons.